The van der Waals surface area contributed by atoms with Crippen molar-refractivity contribution in [1.82, 2.24) is 9.97 Å². The van der Waals surface area contributed by atoms with E-state index in [1.54, 1.807) is 0 Å². The monoisotopic (exact) mass is 260 g/mol. The zero-order valence-electron chi connectivity index (χ0n) is 8.61. The van der Waals surface area contributed by atoms with Gasteiger partial charge in [0.2, 0.25) is 0 Å². The minimum atomic E-state index is -0.372. The van der Waals surface area contributed by atoms with E-state index in [0.717, 1.165) is 5.57 Å². The summed E-state index contributed by atoms with van der Waals surface area (Å²) >= 11 is 11.5. The molecule has 0 spiro atoms. The molecule has 1 fully saturated rings. The van der Waals surface area contributed by atoms with Crippen LogP contribution in [-0.2, 0) is 15.9 Å². The average Bonchev–Trinajstić information content (AvgIpc) is 2.17. The van der Waals surface area contributed by atoms with E-state index in [1.807, 2.05) is 6.92 Å². The molecule has 0 unspecified atom stereocenters. The van der Waals surface area contributed by atoms with Gasteiger partial charge >= 0.3 is 0 Å². The Bertz CT molecular complexity index is 419. The molecule has 2 rings (SSSR count). The lowest BCUT2D eigenvalue weighted by atomic mass is 10.1. The molecular weight excluding hydrogens is 251 g/mol. The summed E-state index contributed by atoms with van der Waals surface area (Å²) in [6, 6.07) is 0. The van der Waals surface area contributed by atoms with Crippen molar-refractivity contribution in [2.24, 2.45) is 0 Å². The van der Waals surface area contributed by atoms with E-state index in [1.165, 1.54) is 6.20 Å². The van der Waals surface area contributed by atoms with E-state index < -0.39 is 0 Å². The summed E-state index contributed by atoms with van der Waals surface area (Å²) in [5, 5.41) is 0.546. The Morgan fingerprint density at radius 1 is 1.50 bits per heavy atom. The number of hydrogen-bond donors (Lipinski definition) is 0. The summed E-state index contributed by atoms with van der Waals surface area (Å²) in [5.41, 5.74) is 1.37. The highest BCUT2D eigenvalue weighted by Crippen LogP contribution is 2.25. The Morgan fingerprint density at radius 2 is 2.19 bits per heavy atom. The van der Waals surface area contributed by atoms with Crippen molar-refractivity contribution < 1.29 is 9.47 Å². The molecule has 0 atom stereocenters. The van der Waals surface area contributed by atoms with Crippen LogP contribution < -0.4 is 0 Å². The topological polar surface area (TPSA) is 44.2 Å². The van der Waals surface area contributed by atoms with Gasteiger partial charge < -0.3 is 9.47 Å². The maximum atomic E-state index is 5.89. The molecule has 0 amide bonds. The maximum absolute atomic E-state index is 5.89. The fourth-order valence-corrected chi connectivity index (χ4v) is 1.72. The van der Waals surface area contributed by atoms with Gasteiger partial charge in [0, 0.05) is 6.42 Å². The zero-order chi connectivity index (χ0) is 11.7. The highest BCUT2D eigenvalue weighted by atomic mass is 35.5. The number of hydrogen-bond acceptors (Lipinski definition) is 4. The van der Waals surface area contributed by atoms with Crippen LogP contribution in [0.1, 0.15) is 12.6 Å². The fraction of sp³-hybridized carbons (Fsp3) is 0.400. The van der Waals surface area contributed by atoms with Crippen molar-refractivity contribution in [3.05, 3.63) is 34.3 Å². The van der Waals surface area contributed by atoms with Crippen LogP contribution in [0.5, 0.6) is 0 Å². The van der Waals surface area contributed by atoms with Crippen LogP contribution in [0.25, 0.3) is 0 Å². The summed E-state index contributed by atoms with van der Waals surface area (Å²) in [6.07, 6.45) is 1.36. The highest BCUT2D eigenvalue weighted by molar-refractivity contribution is 6.32. The summed E-state index contributed by atoms with van der Waals surface area (Å²) in [4.78, 5) is 7.97. The minimum absolute atomic E-state index is 0.173. The van der Waals surface area contributed by atoms with Crippen molar-refractivity contribution in [2.75, 3.05) is 0 Å². The quantitative estimate of drug-likeness (QED) is 0.784. The molecule has 1 aromatic heterocycles. The number of rotatable bonds is 3. The van der Waals surface area contributed by atoms with Crippen LogP contribution in [-0.4, -0.2) is 22.5 Å². The van der Waals surface area contributed by atoms with E-state index in [4.69, 9.17) is 32.7 Å². The predicted molar refractivity (Wildman–Crippen MR) is 60.3 cm³/mol. The third-order valence-electron chi connectivity index (χ3n) is 2.13. The Kier molecular flexibility index (Phi) is 3.44. The second kappa shape index (κ2) is 4.67. The van der Waals surface area contributed by atoms with Gasteiger partial charge in [-0.05, 0) is 12.5 Å². The Hall–Kier alpha value is -0.680. The largest absolute Gasteiger partial charge is 0.320 e. The van der Waals surface area contributed by atoms with Crippen LogP contribution in [0.3, 0.4) is 0 Å². The molecule has 0 bridgehead atoms. The number of aromatic nitrogens is 2. The summed E-state index contributed by atoms with van der Waals surface area (Å²) in [5.74, 6) is 0. The Labute approximate surface area is 103 Å². The second-order valence-corrected chi connectivity index (χ2v) is 4.18. The standard InChI is InChI=1S/C10H10Cl2N2O2/c1-5(10-15-6(2)16-10)3-7-9(12)14-8(11)4-13-7/h4,6,10H,1,3H2,2H3. The van der Waals surface area contributed by atoms with Crippen molar-refractivity contribution in [3.8, 4) is 0 Å². The first kappa shape index (κ1) is 11.8. The van der Waals surface area contributed by atoms with Gasteiger partial charge in [-0.15, -0.1) is 0 Å². The molecule has 1 aliphatic heterocycles. The molecule has 0 radical (unpaired) electrons. The summed E-state index contributed by atoms with van der Waals surface area (Å²) in [7, 11) is 0. The van der Waals surface area contributed by atoms with Gasteiger partial charge in [-0.2, -0.15) is 0 Å². The van der Waals surface area contributed by atoms with E-state index in [2.05, 4.69) is 16.5 Å². The van der Waals surface area contributed by atoms with Gasteiger partial charge in [-0.3, -0.25) is 4.98 Å². The second-order valence-electron chi connectivity index (χ2n) is 3.44. The lowest BCUT2D eigenvalue weighted by molar-refractivity contribution is -0.359. The average molecular weight is 261 g/mol. The lowest BCUT2D eigenvalue weighted by Crippen LogP contribution is -2.40. The SMILES string of the molecule is C=C(Cc1ncc(Cl)nc1Cl)C1OC(C)O1. The van der Waals surface area contributed by atoms with E-state index in [9.17, 15) is 0 Å². The first-order valence-electron chi connectivity index (χ1n) is 4.72. The van der Waals surface area contributed by atoms with Crippen LogP contribution >= 0.6 is 23.2 Å². The number of nitrogens with zero attached hydrogens (tertiary/aromatic N) is 2. The molecule has 0 saturated carbocycles. The van der Waals surface area contributed by atoms with Crippen molar-refractivity contribution in [1.29, 1.82) is 0 Å². The van der Waals surface area contributed by atoms with Gasteiger partial charge in [0.05, 0.1) is 11.9 Å². The Balaban J connectivity index is 2.01. The molecule has 0 aromatic carbocycles. The smallest absolute Gasteiger partial charge is 0.186 e. The molecule has 0 aliphatic carbocycles. The van der Waals surface area contributed by atoms with Crippen LogP contribution in [0.15, 0.2) is 18.3 Å². The molecule has 1 aromatic rings. The minimum Gasteiger partial charge on any atom is -0.320 e. The van der Waals surface area contributed by atoms with Crippen LogP contribution in [0, 0.1) is 0 Å². The van der Waals surface area contributed by atoms with Crippen molar-refractivity contribution in [3.63, 3.8) is 0 Å². The van der Waals surface area contributed by atoms with Gasteiger partial charge in [0.25, 0.3) is 0 Å². The fourth-order valence-electron chi connectivity index (χ4n) is 1.34. The molecule has 2 heterocycles. The predicted octanol–water partition coefficient (Wildman–Crippen LogP) is 2.60. The van der Waals surface area contributed by atoms with E-state index in [-0.39, 0.29) is 22.9 Å². The van der Waals surface area contributed by atoms with Crippen molar-refractivity contribution in [2.45, 2.75) is 25.9 Å². The molecule has 1 saturated heterocycles. The van der Waals surface area contributed by atoms with E-state index in [0.29, 0.717) is 12.1 Å². The molecule has 4 nitrogen and oxygen atoms in total. The number of halogens is 2. The van der Waals surface area contributed by atoms with E-state index >= 15 is 0 Å². The van der Waals surface area contributed by atoms with Gasteiger partial charge in [-0.25, -0.2) is 4.98 Å². The van der Waals surface area contributed by atoms with Crippen molar-refractivity contribution >= 4 is 23.2 Å². The molecule has 86 valence electrons. The van der Waals surface area contributed by atoms with Gasteiger partial charge in [0.15, 0.2) is 17.7 Å². The molecule has 1 aliphatic rings. The summed E-state index contributed by atoms with van der Waals surface area (Å²) in [6.45, 7) is 5.68. The third-order valence-corrected chi connectivity index (χ3v) is 2.61. The molecule has 6 heteroatoms. The maximum Gasteiger partial charge on any atom is 0.186 e. The normalized spacial score (nSPS) is 23.9. The number of ether oxygens (including phenoxy) is 2. The first-order valence-corrected chi connectivity index (χ1v) is 5.47. The Morgan fingerprint density at radius 3 is 2.75 bits per heavy atom. The third kappa shape index (κ3) is 2.52. The molecule has 16 heavy (non-hydrogen) atoms. The zero-order valence-corrected chi connectivity index (χ0v) is 10.1. The lowest BCUT2D eigenvalue weighted by Gasteiger charge is -2.34. The summed E-state index contributed by atoms with van der Waals surface area (Å²) < 4.78 is 10.6. The van der Waals surface area contributed by atoms with Gasteiger partial charge in [0.1, 0.15) is 5.15 Å². The first-order chi connectivity index (χ1) is 7.56. The van der Waals surface area contributed by atoms with Gasteiger partial charge in [-0.1, -0.05) is 29.8 Å². The molecule has 0 N–H and O–H groups in total. The van der Waals surface area contributed by atoms with Crippen LogP contribution in [0.4, 0.5) is 0 Å². The van der Waals surface area contributed by atoms with Crippen LogP contribution in [0.2, 0.25) is 10.3 Å². The molecular formula is C10H10Cl2N2O2. The highest BCUT2D eigenvalue weighted by Gasteiger charge is 2.29.